The number of aliphatic hydroxyl groups excluding tert-OH is 6. The maximum atomic E-state index is 12.1. The van der Waals surface area contributed by atoms with Gasteiger partial charge >= 0.3 is 5.97 Å². The van der Waals surface area contributed by atoms with Crippen molar-refractivity contribution in [1.29, 1.82) is 0 Å². The number of likely N-dealkylation sites (N-methyl/N-ethyl adjacent to an activating group) is 1. The summed E-state index contributed by atoms with van der Waals surface area (Å²) in [5.41, 5.74) is 24.3. The van der Waals surface area contributed by atoms with Crippen LogP contribution in [0.25, 0.3) is 0 Å². The first-order valence-corrected chi connectivity index (χ1v) is 16.2. The molecule has 25 heteroatoms. The molecule has 304 valence electrons. The van der Waals surface area contributed by atoms with Gasteiger partial charge in [0.2, 0.25) is 0 Å². The van der Waals surface area contributed by atoms with E-state index in [0.717, 1.165) is 0 Å². The monoisotopic (exact) mass is 776 g/mol. The summed E-state index contributed by atoms with van der Waals surface area (Å²) in [6.07, 6.45) is -14.4. The average Bonchev–Trinajstić information content (AvgIpc) is 3.36. The SMILES string of the molecule is CN[C@@H]1[C@H](O[C@H]2[C@H](O[C@H]3[C@H](O)[C@@H](O)[C@H](N=C(N)N)[C@@H](O)[C@@H]3N=C(N)N)O[C@@H](C)[C@]2(O)C=O)O[C@@H](CO)[C@H](O)[C@H]1O.O=C(O)CNNC(=O)c1ccncc1. The number of hydrazine groups is 1. The van der Waals surface area contributed by atoms with E-state index in [4.69, 9.17) is 47.0 Å². The molecule has 1 aromatic rings. The number of carboxylic acids is 1. The number of nitrogens with two attached hydrogens (primary N) is 4. The Kier molecular flexibility index (Phi) is 15.9. The van der Waals surface area contributed by atoms with Crippen LogP contribution in [0.1, 0.15) is 17.3 Å². The summed E-state index contributed by atoms with van der Waals surface area (Å²) in [4.78, 5) is 44.8. The Bertz CT molecular complexity index is 1460. The summed E-state index contributed by atoms with van der Waals surface area (Å²) in [6, 6.07) is -1.03. The molecule has 0 bridgehead atoms. The van der Waals surface area contributed by atoms with E-state index < -0.39 is 122 Å². The molecule has 19 N–H and O–H groups in total. The van der Waals surface area contributed by atoms with Crippen molar-refractivity contribution in [3.05, 3.63) is 30.1 Å². The quantitative estimate of drug-likeness (QED) is 0.0383. The molecule has 25 nitrogen and oxygen atoms in total. The maximum absolute atomic E-state index is 12.1. The molecule has 0 unspecified atom stereocenters. The molecule has 0 spiro atoms. The van der Waals surface area contributed by atoms with Gasteiger partial charge < -0.3 is 88.1 Å². The van der Waals surface area contributed by atoms with Crippen LogP contribution in [-0.4, -0.2) is 187 Å². The number of aliphatic carboxylic acids is 1. The highest BCUT2D eigenvalue weighted by molar-refractivity contribution is 5.93. The fourth-order valence-electron chi connectivity index (χ4n) is 5.86. The van der Waals surface area contributed by atoms with Crippen molar-refractivity contribution in [2.24, 2.45) is 32.9 Å². The zero-order chi connectivity index (χ0) is 40.5. The molecule has 1 saturated carbocycles. The number of pyridine rings is 1. The lowest BCUT2D eigenvalue weighted by atomic mass is 9.81. The number of ether oxygens (including phenoxy) is 4. The topological polar surface area (TPSA) is 428 Å². The summed E-state index contributed by atoms with van der Waals surface area (Å²) < 4.78 is 22.9. The highest BCUT2D eigenvalue weighted by Crippen LogP contribution is 2.38. The smallest absolute Gasteiger partial charge is 0.319 e. The number of hydrogen-bond donors (Lipinski definition) is 15. The van der Waals surface area contributed by atoms with E-state index in [0.29, 0.717) is 5.56 Å². The number of aromatic nitrogens is 1. The molecule has 2 saturated heterocycles. The molecule has 3 heterocycles. The second-order valence-corrected chi connectivity index (χ2v) is 12.3. The number of rotatable bonds is 13. The molecule has 1 amide bonds. The van der Waals surface area contributed by atoms with Crippen LogP contribution in [0.15, 0.2) is 34.5 Å². The lowest BCUT2D eigenvalue weighted by molar-refractivity contribution is -0.314. The zero-order valence-corrected chi connectivity index (χ0v) is 29.0. The first-order valence-electron chi connectivity index (χ1n) is 16.2. The third kappa shape index (κ3) is 10.3. The minimum absolute atomic E-state index is 0.140. The van der Waals surface area contributed by atoms with Gasteiger partial charge in [0.1, 0.15) is 67.5 Å². The summed E-state index contributed by atoms with van der Waals surface area (Å²) in [7, 11) is 1.42. The van der Waals surface area contributed by atoms with E-state index in [9.17, 15) is 50.1 Å². The molecular weight excluding hydrogens is 728 g/mol. The Morgan fingerprint density at radius 3 is 2.07 bits per heavy atom. The number of aldehydes is 1. The normalized spacial score (nSPS) is 37.6. The first-order chi connectivity index (χ1) is 25.4. The predicted molar refractivity (Wildman–Crippen MR) is 180 cm³/mol. The van der Waals surface area contributed by atoms with Crippen LogP contribution in [0.3, 0.4) is 0 Å². The van der Waals surface area contributed by atoms with Crippen molar-refractivity contribution in [2.45, 2.75) is 98.2 Å². The predicted octanol–water partition coefficient (Wildman–Crippen LogP) is -8.76. The summed E-state index contributed by atoms with van der Waals surface area (Å²) in [6.45, 7) is 0.297. The van der Waals surface area contributed by atoms with Crippen molar-refractivity contribution in [3.8, 4) is 0 Å². The van der Waals surface area contributed by atoms with Crippen LogP contribution >= 0.6 is 0 Å². The summed E-state index contributed by atoms with van der Waals surface area (Å²) in [5, 5.41) is 84.9. The van der Waals surface area contributed by atoms with Crippen molar-refractivity contribution in [2.75, 3.05) is 20.2 Å². The van der Waals surface area contributed by atoms with Crippen molar-refractivity contribution < 1.29 is 74.2 Å². The number of aliphatic imine (C=N–C) groups is 2. The molecule has 15 atom stereocenters. The van der Waals surface area contributed by atoms with Crippen LogP contribution in [0.2, 0.25) is 0 Å². The van der Waals surface area contributed by atoms with Crippen LogP contribution in [0.5, 0.6) is 0 Å². The van der Waals surface area contributed by atoms with E-state index in [1.54, 1.807) is 0 Å². The molecule has 3 fully saturated rings. The second kappa shape index (κ2) is 19.4. The Labute approximate surface area is 306 Å². The van der Waals surface area contributed by atoms with Gasteiger partial charge in [-0.05, 0) is 26.1 Å². The van der Waals surface area contributed by atoms with Crippen molar-refractivity contribution >= 4 is 30.1 Å². The van der Waals surface area contributed by atoms with Gasteiger partial charge in [0.25, 0.3) is 5.91 Å². The number of carbonyl (C=O) groups excluding carboxylic acids is 2. The van der Waals surface area contributed by atoms with E-state index in [-0.39, 0.29) is 12.8 Å². The largest absolute Gasteiger partial charge is 0.480 e. The van der Waals surface area contributed by atoms with Gasteiger partial charge in [0, 0.05) is 18.0 Å². The summed E-state index contributed by atoms with van der Waals surface area (Å²) >= 11 is 0. The zero-order valence-electron chi connectivity index (χ0n) is 29.0. The van der Waals surface area contributed by atoms with Crippen molar-refractivity contribution in [1.82, 2.24) is 21.2 Å². The van der Waals surface area contributed by atoms with Gasteiger partial charge in [-0.3, -0.25) is 24.8 Å². The van der Waals surface area contributed by atoms with Crippen LogP contribution in [0.4, 0.5) is 0 Å². The van der Waals surface area contributed by atoms with E-state index in [2.05, 4.69) is 31.1 Å². The number of nitrogens with zero attached hydrogens (tertiary/aromatic N) is 3. The summed E-state index contributed by atoms with van der Waals surface area (Å²) in [5.74, 6) is -2.47. The Morgan fingerprint density at radius 2 is 1.54 bits per heavy atom. The second-order valence-electron chi connectivity index (χ2n) is 12.3. The number of carbonyl (C=O) groups is 3. The van der Waals surface area contributed by atoms with Crippen molar-refractivity contribution in [3.63, 3.8) is 0 Å². The van der Waals surface area contributed by atoms with E-state index in [1.165, 1.54) is 38.5 Å². The van der Waals surface area contributed by atoms with Crippen LogP contribution in [-0.2, 0) is 28.5 Å². The molecule has 1 aliphatic carbocycles. The lowest BCUT2D eigenvalue weighted by Gasteiger charge is -2.45. The minimum Gasteiger partial charge on any atom is -0.480 e. The minimum atomic E-state index is -2.38. The maximum Gasteiger partial charge on any atom is 0.319 e. The van der Waals surface area contributed by atoms with Gasteiger partial charge in [0.15, 0.2) is 36.4 Å². The van der Waals surface area contributed by atoms with Gasteiger partial charge in [-0.25, -0.2) is 15.4 Å². The molecule has 54 heavy (non-hydrogen) atoms. The highest BCUT2D eigenvalue weighted by Gasteiger charge is 2.60. The third-order valence-corrected chi connectivity index (χ3v) is 8.72. The number of carboxylic acid groups (broad SMARTS) is 1. The Hall–Kier alpha value is -4.22. The molecule has 4 rings (SSSR count). The molecule has 0 aromatic carbocycles. The number of nitrogens with one attached hydrogen (secondary N) is 3. The third-order valence-electron chi connectivity index (χ3n) is 8.72. The molecular formula is C29H48N10O15. The van der Waals surface area contributed by atoms with E-state index >= 15 is 0 Å². The number of hydrogen-bond acceptors (Lipinski definition) is 19. The molecule has 2 aliphatic heterocycles. The lowest BCUT2D eigenvalue weighted by Crippen LogP contribution is -2.66. The number of amides is 1. The molecule has 3 aliphatic rings. The van der Waals surface area contributed by atoms with Gasteiger partial charge in [-0.1, -0.05) is 0 Å². The van der Waals surface area contributed by atoms with Crippen LogP contribution < -0.4 is 39.1 Å². The average molecular weight is 777 g/mol. The fraction of sp³-hybridized carbons (Fsp3) is 0.655. The van der Waals surface area contributed by atoms with Gasteiger partial charge in [0.05, 0.1) is 18.8 Å². The standard InChI is InChI=1S/C21H39N7O12.C8H9N3O3/c1-5-21(36,4-30)16(40-17-9(26-2)13(34)10(31)6(3-29)38-17)18(37-5)39-15-8(28-20(24)25)11(32)7(27-19(22)23)12(33)14(15)35;12-7(13)5-10-11-8(14)6-1-3-9-4-2-6/h4-18,26,29,31-36H,3H2,1-2H3,(H4,22,23,27)(H4,24,25,28);1-4,10H,5H2,(H,11,14)(H,12,13)/t5-,6-,7+,8-,9-,10-,11+,12-,13-,14+,15+,16-,17-,18-,21+;/m0./s1. The Balaban J connectivity index is 0.000000469. The first kappa shape index (κ1) is 44.2. The fourth-order valence-corrected chi connectivity index (χ4v) is 5.86. The van der Waals surface area contributed by atoms with Gasteiger partial charge in [-0.2, -0.15) is 0 Å². The van der Waals surface area contributed by atoms with Gasteiger partial charge in [-0.15, -0.1) is 0 Å². The molecule has 0 radical (unpaired) electrons. The van der Waals surface area contributed by atoms with E-state index in [1.807, 2.05) is 0 Å². The van der Waals surface area contributed by atoms with Crippen LogP contribution in [0, 0.1) is 0 Å². The number of aliphatic hydroxyl groups is 7. The molecule has 1 aromatic heterocycles. The Morgan fingerprint density at radius 1 is 0.926 bits per heavy atom. The number of guanidine groups is 2. The highest BCUT2D eigenvalue weighted by atomic mass is 16.8.